The number of amides is 1. The van der Waals surface area contributed by atoms with Gasteiger partial charge in [-0.15, -0.1) is 21.5 Å². The molecule has 3 rings (SSSR count). The highest BCUT2D eigenvalue weighted by Crippen LogP contribution is 2.29. The van der Waals surface area contributed by atoms with E-state index in [0.29, 0.717) is 12.5 Å². The van der Waals surface area contributed by atoms with Gasteiger partial charge < -0.3 is 5.32 Å². The van der Waals surface area contributed by atoms with Crippen LogP contribution in [0.25, 0.3) is 0 Å². The Morgan fingerprint density at radius 3 is 2.42 bits per heavy atom. The molecule has 2 aromatic rings. The molecule has 1 saturated heterocycles. The number of aromatic nitrogens is 2. The molecular formula is C18H24N4OS. The largest absolute Gasteiger partial charge is 0.325 e. The standard InChI is InChI=1S/C18H24N4OS/c1-12-8-13(2)10-16(9-12)19-17(23)11-22-6-4-15(5-7-22)18-21-20-14(3)24-18/h8-10,15H,4-7,11H2,1-3H3,(H,19,23). The molecule has 0 bridgehead atoms. The third-order valence-electron chi connectivity index (χ3n) is 4.35. The van der Waals surface area contributed by atoms with Gasteiger partial charge in [0.15, 0.2) is 0 Å². The lowest BCUT2D eigenvalue weighted by atomic mass is 9.98. The summed E-state index contributed by atoms with van der Waals surface area (Å²) < 4.78 is 0. The van der Waals surface area contributed by atoms with Crippen molar-refractivity contribution in [2.45, 2.75) is 39.5 Å². The molecule has 128 valence electrons. The predicted octanol–water partition coefficient (Wildman–Crippen LogP) is 3.28. The highest BCUT2D eigenvalue weighted by molar-refractivity contribution is 7.11. The van der Waals surface area contributed by atoms with Crippen molar-refractivity contribution in [2.24, 2.45) is 0 Å². The van der Waals surface area contributed by atoms with Crippen LogP contribution >= 0.6 is 11.3 Å². The third kappa shape index (κ3) is 4.39. The lowest BCUT2D eigenvalue weighted by Gasteiger charge is -2.30. The Morgan fingerprint density at radius 1 is 1.17 bits per heavy atom. The summed E-state index contributed by atoms with van der Waals surface area (Å²) in [5, 5.41) is 13.6. The van der Waals surface area contributed by atoms with Gasteiger partial charge in [-0.1, -0.05) is 6.07 Å². The van der Waals surface area contributed by atoms with Crippen LogP contribution in [-0.2, 0) is 4.79 Å². The molecule has 1 aliphatic heterocycles. The summed E-state index contributed by atoms with van der Waals surface area (Å²) in [6.45, 7) is 8.40. The van der Waals surface area contributed by atoms with Gasteiger partial charge in [-0.3, -0.25) is 9.69 Å². The second-order valence-electron chi connectivity index (χ2n) is 6.63. The zero-order valence-electron chi connectivity index (χ0n) is 14.5. The topological polar surface area (TPSA) is 58.1 Å². The van der Waals surface area contributed by atoms with Gasteiger partial charge in [0, 0.05) is 11.6 Å². The molecule has 1 aromatic heterocycles. The maximum Gasteiger partial charge on any atom is 0.238 e. The van der Waals surface area contributed by atoms with Crippen molar-refractivity contribution in [1.82, 2.24) is 15.1 Å². The summed E-state index contributed by atoms with van der Waals surface area (Å²) in [5.41, 5.74) is 3.22. The SMILES string of the molecule is Cc1cc(C)cc(NC(=O)CN2CCC(c3nnc(C)s3)CC2)c1. The van der Waals surface area contributed by atoms with Crippen LogP contribution in [-0.4, -0.2) is 40.6 Å². The van der Waals surface area contributed by atoms with E-state index < -0.39 is 0 Å². The fourth-order valence-electron chi connectivity index (χ4n) is 3.27. The Labute approximate surface area is 147 Å². The van der Waals surface area contributed by atoms with E-state index in [1.165, 1.54) is 11.1 Å². The first-order valence-corrected chi connectivity index (χ1v) is 9.22. The van der Waals surface area contributed by atoms with Gasteiger partial charge in [0.2, 0.25) is 5.91 Å². The minimum absolute atomic E-state index is 0.0604. The van der Waals surface area contributed by atoms with Gasteiger partial charge in [-0.25, -0.2) is 0 Å². The van der Waals surface area contributed by atoms with Crippen LogP contribution in [0.2, 0.25) is 0 Å². The Morgan fingerprint density at radius 2 is 1.83 bits per heavy atom. The van der Waals surface area contributed by atoms with E-state index in [-0.39, 0.29) is 5.91 Å². The number of piperidine rings is 1. The Balaban J connectivity index is 1.49. The minimum atomic E-state index is 0.0604. The third-order valence-corrected chi connectivity index (χ3v) is 5.35. The van der Waals surface area contributed by atoms with Crippen molar-refractivity contribution in [2.75, 3.05) is 25.0 Å². The number of benzene rings is 1. The van der Waals surface area contributed by atoms with Crippen molar-refractivity contribution >= 4 is 22.9 Å². The Kier molecular flexibility index (Phi) is 5.26. The molecule has 24 heavy (non-hydrogen) atoms. The minimum Gasteiger partial charge on any atom is -0.325 e. The normalized spacial score (nSPS) is 16.3. The number of aryl methyl sites for hydroxylation is 3. The summed E-state index contributed by atoms with van der Waals surface area (Å²) >= 11 is 1.69. The second kappa shape index (κ2) is 7.40. The Hall–Kier alpha value is -1.79. The molecule has 1 aromatic carbocycles. The van der Waals surface area contributed by atoms with Crippen molar-refractivity contribution in [3.63, 3.8) is 0 Å². The first-order valence-electron chi connectivity index (χ1n) is 8.40. The molecule has 1 N–H and O–H groups in total. The second-order valence-corrected chi connectivity index (χ2v) is 7.85. The number of nitrogens with one attached hydrogen (secondary N) is 1. The fourth-order valence-corrected chi connectivity index (χ4v) is 4.13. The van der Waals surface area contributed by atoms with E-state index in [4.69, 9.17) is 0 Å². The molecule has 1 aliphatic rings. The maximum absolute atomic E-state index is 12.3. The summed E-state index contributed by atoms with van der Waals surface area (Å²) in [4.78, 5) is 14.5. The molecule has 0 atom stereocenters. The molecule has 0 spiro atoms. The number of likely N-dealkylation sites (tertiary alicyclic amines) is 1. The quantitative estimate of drug-likeness (QED) is 0.925. The zero-order chi connectivity index (χ0) is 17.1. The summed E-state index contributed by atoms with van der Waals surface area (Å²) in [6.07, 6.45) is 2.09. The average Bonchev–Trinajstić information content (AvgIpc) is 2.93. The summed E-state index contributed by atoms with van der Waals surface area (Å²) in [5.74, 6) is 0.556. The number of carbonyl (C=O) groups excluding carboxylic acids is 1. The summed E-state index contributed by atoms with van der Waals surface area (Å²) in [7, 11) is 0. The lowest BCUT2D eigenvalue weighted by Crippen LogP contribution is -2.38. The van der Waals surface area contributed by atoms with Crippen LogP contribution in [0.4, 0.5) is 5.69 Å². The molecule has 0 aliphatic carbocycles. The van der Waals surface area contributed by atoms with Gasteiger partial charge in [-0.2, -0.15) is 0 Å². The van der Waals surface area contributed by atoms with Crippen molar-refractivity contribution in [3.8, 4) is 0 Å². The maximum atomic E-state index is 12.3. The zero-order valence-corrected chi connectivity index (χ0v) is 15.3. The molecule has 1 amide bonds. The number of hydrogen-bond donors (Lipinski definition) is 1. The molecule has 0 radical (unpaired) electrons. The predicted molar refractivity (Wildman–Crippen MR) is 97.6 cm³/mol. The van der Waals surface area contributed by atoms with Crippen LogP contribution in [0.1, 0.15) is 39.9 Å². The molecule has 0 saturated carbocycles. The highest BCUT2D eigenvalue weighted by Gasteiger charge is 2.24. The summed E-state index contributed by atoms with van der Waals surface area (Å²) in [6, 6.07) is 6.12. The lowest BCUT2D eigenvalue weighted by molar-refractivity contribution is -0.117. The van der Waals surface area contributed by atoms with Gasteiger partial charge in [-0.05, 0) is 70.0 Å². The van der Waals surface area contributed by atoms with Gasteiger partial charge in [0.25, 0.3) is 0 Å². The van der Waals surface area contributed by atoms with Gasteiger partial charge >= 0.3 is 0 Å². The van der Waals surface area contributed by atoms with Gasteiger partial charge in [0.1, 0.15) is 10.0 Å². The smallest absolute Gasteiger partial charge is 0.238 e. The van der Waals surface area contributed by atoms with Crippen molar-refractivity contribution < 1.29 is 4.79 Å². The average molecular weight is 344 g/mol. The molecule has 5 nitrogen and oxygen atoms in total. The fraction of sp³-hybridized carbons (Fsp3) is 0.500. The number of rotatable bonds is 4. The number of anilines is 1. The highest BCUT2D eigenvalue weighted by atomic mass is 32.1. The van der Waals surface area contributed by atoms with E-state index in [1.807, 2.05) is 32.9 Å². The van der Waals surface area contributed by atoms with Crippen molar-refractivity contribution in [1.29, 1.82) is 0 Å². The molecule has 6 heteroatoms. The van der Waals surface area contributed by atoms with Crippen LogP contribution in [0.3, 0.4) is 0 Å². The van der Waals surface area contributed by atoms with E-state index in [0.717, 1.165) is 41.6 Å². The molecule has 0 unspecified atom stereocenters. The van der Waals surface area contributed by atoms with E-state index in [1.54, 1.807) is 11.3 Å². The number of carbonyl (C=O) groups is 1. The first kappa shape index (κ1) is 17.0. The number of hydrogen-bond acceptors (Lipinski definition) is 5. The van der Waals surface area contributed by atoms with Crippen molar-refractivity contribution in [3.05, 3.63) is 39.3 Å². The molecular weight excluding hydrogens is 320 g/mol. The van der Waals surface area contributed by atoms with Crippen LogP contribution < -0.4 is 5.32 Å². The van der Waals surface area contributed by atoms with E-state index in [2.05, 4.69) is 26.5 Å². The molecule has 1 fully saturated rings. The van der Waals surface area contributed by atoms with Crippen LogP contribution in [0, 0.1) is 20.8 Å². The van der Waals surface area contributed by atoms with Crippen LogP contribution in [0.5, 0.6) is 0 Å². The van der Waals surface area contributed by atoms with Crippen LogP contribution in [0.15, 0.2) is 18.2 Å². The van der Waals surface area contributed by atoms with Gasteiger partial charge in [0.05, 0.1) is 6.54 Å². The monoisotopic (exact) mass is 344 g/mol. The Bertz CT molecular complexity index is 699. The number of nitrogens with zero attached hydrogens (tertiary/aromatic N) is 3. The van der Waals surface area contributed by atoms with E-state index >= 15 is 0 Å². The molecule has 2 heterocycles. The first-order chi connectivity index (χ1) is 11.5. The van der Waals surface area contributed by atoms with E-state index in [9.17, 15) is 4.79 Å².